The Hall–Kier alpha value is -0.530. The van der Waals surface area contributed by atoms with Gasteiger partial charge in [0, 0.05) is 13.0 Å². The van der Waals surface area contributed by atoms with Gasteiger partial charge in [-0.15, -0.1) is 0 Å². The van der Waals surface area contributed by atoms with Gasteiger partial charge in [0.25, 0.3) is 0 Å². The lowest BCUT2D eigenvalue weighted by Gasteiger charge is -2.56. The van der Waals surface area contributed by atoms with E-state index in [4.69, 9.17) is 0 Å². The first-order valence-corrected chi connectivity index (χ1v) is 8.96. The molecule has 0 atom stereocenters. The van der Waals surface area contributed by atoms with Gasteiger partial charge in [-0.25, -0.2) is 0 Å². The molecule has 1 N–H and O–H groups in total. The van der Waals surface area contributed by atoms with Gasteiger partial charge in [-0.3, -0.25) is 4.79 Å². The van der Waals surface area contributed by atoms with Crippen LogP contribution >= 0.6 is 0 Å². The molecule has 4 fully saturated rings. The van der Waals surface area contributed by atoms with Crippen LogP contribution in [0.1, 0.15) is 77.6 Å². The summed E-state index contributed by atoms with van der Waals surface area (Å²) >= 11 is 0. The molecule has 0 aromatic heterocycles. The van der Waals surface area contributed by atoms with Gasteiger partial charge in [-0.2, -0.15) is 0 Å². The first-order valence-electron chi connectivity index (χ1n) is 8.96. The highest BCUT2D eigenvalue weighted by atomic mass is 16.1. The highest BCUT2D eigenvalue weighted by molar-refractivity contribution is 5.76. The number of hydrogen-bond acceptors (Lipinski definition) is 1. The maximum atomic E-state index is 12.2. The Balaban J connectivity index is 1.44. The lowest BCUT2D eigenvalue weighted by Crippen LogP contribution is -2.48. The first kappa shape index (κ1) is 14.4. The molecule has 2 heteroatoms. The highest BCUT2D eigenvalue weighted by Crippen LogP contribution is 2.61. The van der Waals surface area contributed by atoms with Crippen LogP contribution in [0.2, 0.25) is 0 Å². The SMILES string of the molecule is CCCCCCNC(=O)CC12CC3CC(CC(C3)C1)C2. The van der Waals surface area contributed by atoms with Crippen molar-refractivity contribution in [1.29, 1.82) is 0 Å². The van der Waals surface area contributed by atoms with Crippen LogP contribution in [0.5, 0.6) is 0 Å². The summed E-state index contributed by atoms with van der Waals surface area (Å²) in [6, 6.07) is 0. The molecule has 2 nitrogen and oxygen atoms in total. The van der Waals surface area contributed by atoms with E-state index in [0.29, 0.717) is 11.3 Å². The van der Waals surface area contributed by atoms with Crippen LogP contribution in [-0.4, -0.2) is 12.5 Å². The van der Waals surface area contributed by atoms with Crippen molar-refractivity contribution in [2.24, 2.45) is 23.2 Å². The number of nitrogens with one attached hydrogen (secondary N) is 1. The topological polar surface area (TPSA) is 29.1 Å². The Morgan fingerprint density at radius 1 is 1.00 bits per heavy atom. The molecule has 0 aromatic carbocycles. The van der Waals surface area contributed by atoms with Crippen molar-refractivity contribution < 1.29 is 4.79 Å². The fourth-order valence-electron chi connectivity index (χ4n) is 5.69. The van der Waals surface area contributed by atoms with Gasteiger partial charge in [0.2, 0.25) is 5.91 Å². The summed E-state index contributed by atoms with van der Waals surface area (Å²) in [7, 11) is 0. The Kier molecular flexibility index (Phi) is 4.37. The Morgan fingerprint density at radius 2 is 1.60 bits per heavy atom. The van der Waals surface area contributed by atoms with Crippen molar-refractivity contribution in [3.8, 4) is 0 Å². The van der Waals surface area contributed by atoms with Crippen molar-refractivity contribution >= 4 is 5.91 Å². The van der Waals surface area contributed by atoms with Crippen molar-refractivity contribution in [1.82, 2.24) is 5.32 Å². The van der Waals surface area contributed by atoms with Crippen molar-refractivity contribution in [2.75, 3.05) is 6.54 Å². The maximum Gasteiger partial charge on any atom is 0.220 e. The highest BCUT2D eigenvalue weighted by Gasteiger charge is 2.51. The first-order chi connectivity index (χ1) is 9.69. The number of carbonyl (C=O) groups is 1. The predicted molar refractivity (Wildman–Crippen MR) is 82.4 cm³/mol. The second-order valence-corrected chi connectivity index (χ2v) is 8.00. The average Bonchev–Trinajstić information content (AvgIpc) is 2.36. The van der Waals surface area contributed by atoms with E-state index in [2.05, 4.69) is 12.2 Å². The third-order valence-corrected chi connectivity index (χ3v) is 6.05. The molecule has 0 saturated heterocycles. The molecule has 0 spiro atoms. The molecular formula is C18H31NO. The van der Waals surface area contributed by atoms with Gasteiger partial charge >= 0.3 is 0 Å². The maximum absolute atomic E-state index is 12.2. The summed E-state index contributed by atoms with van der Waals surface area (Å²) in [5.41, 5.74) is 0.405. The zero-order valence-corrected chi connectivity index (χ0v) is 13.1. The van der Waals surface area contributed by atoms with E-state index >= 15 is 0 Å². The lowest BCUT2D eigenvalue weighted by atomic mass is 9.49. The summed E-state index contributed by atoms with van der Waals surface area (Å²) in [6.45, 7) is 3.12. The number of hydrogen-bond donors (Lipinski definition) is 1. The van der Waals surface area contributed by atoms with E-state index in [1.807, 2.05) is 0 Å². The predicted octanol–water partition coefficient (Wildman–Crippen LogP) is 4.29. The molecule has 0 heterocycles. The Labute approximate surface area is 124 Å². The Bertz CT molecular complexity index is 314. The minimum atomic E-state index is 0.337. The second-order valence-electron chi connectivity index (χ2n) is 8.00. The van der Waals surface area contributed by atoms with E-state index in [1.54, 1.807) is 0 Å². The molecule has 4 aliphatic rings. The molecule has 4 aliphatic carbocycles. The molecule has 4 rings (SSSR count). The third-order valence-electron chi connectivity index (χ3n) is 6.05. The zero-order chi connectivity index (χ0) is 14.0. The van der Waals surface area contributed by atoms with Gasteiger partial charge in [0.15, 0.2) is 0 Å². The fraction of sp³-hybridized carbons (Fsp3) is 0.944. The number of unbranched alkanes of at least 4 members (excludes halogenated alkanes) is 3. The molecule has 4 saturated carbocycles. The van der Waals surface area contributed by atoms with Crippen LogP contribution in [-0.2, 0) is 4.79 Å². The van der Waals surface area contributed by atoms with Crippen molar-refractivity contribution in [3.63, 3.8) is 0 Å². The largest absolute Gasteiger partial charge is 0.356 e. The molecule has 1 amide bonds. The summed E-state index contributed by atoms with van der Waals surface area (Å²) in [5.74, 6) is 3.21. The van der Waals surface area contributed by atoms with E-state index in [0.717, 1.165) is 37.1 Å². The number of amides is 1. The van der Waals surface area contributed by atoms with Crippen LogP contribution in [0.15, 0.2) is 0 Å². The van der Waals surface area contributed by atoms with Gasteiger partial charge in [0.1, 0.15) is 0 Å². The molecule has 0 aromatic rings. The van der Waals surface area contributed by atoms with Gasteiger partial charge in [-0.05, 0) is 68.1 Å². The van der Waals surface area contributed by atoms with Gasteiger partial charge < -0.3 is 5.32 Å². The van der Waals surface area contributed by atoms with Gasteiger partial charge in [0.05, 0.1) is 0 Å². The van der Waals surface area contributed by atoms with Crippen LogP contribution in [0.3, 0.4) is 0 Å². The summed E-state index contributed by atoms with van der Waals surface area (Å²) in [5, 5.41) is 3.18. The van der Waals surface area contributed by atoms with Crippen LogP contribution in [0.25, 0.3) is 0 Å². The van der Waals surface area contributed by atoms with E-state index in [9.17, 15) is 4.79 Å². The van der Waals surface area contributed by atoms with Crippen LogP contribution < -0.4 is 5.32 Å². The molecule has 0 radical (unpaired) electrons. The standard InChI is InChI=1S/C18H31NO/c1-2-3-4-5-6-19-17(20)13-18-10-14-7-15(11-18)9-16(8-14)12-18/h14-16H,2-13H2,1H3,(H,19,20). The van der Waals surface area contributed by atoms with Crippen molar-refractivity contribution in [3.05, 3.63) is 0 Å². The summed E-state index contributed by atoms with van der Waals surface area (Å²) in [4.78, 5) is 12.2. The van der Waals surface area contributed by atoms with Crippen molar-refractivity contribution in [2.45, 2.75) is 77.6 Å². The number of carbonyl (C=O) groups excluding carboxylic acids is 1. The van der Waals surface area contributed by atoms with E-state index in [-0.39, 0.29) is 0 Å². The minimum Gasteiger partial charge on any atom is -0.356 e. The van der Waals surface area contributed by atoms with Crippen LogP contribution in [0, 0.1) is 23.2 Å². The zero-order valence-electron chi connectivity index (χ0n) is 13.1. The molecule has 114 valence electrons. The van der Waals surface area contributed by atoms with Gasteiger partial charge in [-0.1, -0.05) is 26.2 Å². The summed E-state index contributed by atoms with van der Waals surface area (Å²) in [6.07, 6.45) is 14.3. The van der Waals surface area contributed by atoms with Crippen LogP contribution in [0.4, 0.5) is 0 Å². The minimum absolute atomic E-state index is 0.337. The summed E-state index contributed by atoms with van der Waals surface area (Å²) < 4.78 is 0. The second kappa shape index (κ2) is 6.07. The monoisotopic (exact) mass is 277 g/mol. The normalized spacial score (nSPS) is 38.1. The van der Waals surface area contributed by atoms with E-state index < -0.39 is 0 Å². The lowest BCUT2D eigenvalue weighted by molar-refractivity contribution is -0.129. The smallest absolute Gasteiger partial charge is 0.220 e. The molecule has 4 bridgehead atoms. The molecule has 0 aliphatic heterocycles. The average molecular weight is 277 g/mol. The molecule has 20 heavy (non-hydrogen) atoms. The number of rotatable bonds is 7. The Morgan fingerprint density at radius 3 is 2.15 bits per heavy atom. The molecule has 0 unspecified atom stereocenters. The third kappa shape index (κ3) is 3.20. The fourth-order valence-corrected chi connectivity index (χ4v) is 5.69. The quantitative estimate of drug-likeness (QED) is 0.691. The van der Waals surface area contributed by atoms with E-state index in [1.165, 1.54) is 57.8 Å². The molecular weight excluding hydrogens is 246 g/mol.